The minimum Gasteiger partial charge on any atom is -0.294 e. The summed E-state index contributed by atoms with van der Waals surface area (Å²) in [6.07, 6.45) is 0.474. The molecule has 0 spiro atoms. The molecule has 0 atom stereocenters. The van der Waals surface area contributed by atoms with Crippen molar-refractivity contribution in [1.29, 1.82) is 0 Å². The number of hydrogen-bond donors (Lipinski definition) is 0. The lowest BCUT2D eigenvalue weighted by atomic mass is 10.00. The SMILES string of the molecule is Cc1ccc(CC(=O)c2c(C)sc3ccccc23)cc1. The minimum absolute atomic E-state index is 0.212. The molecule has 0 aliphatic rings. The Labute approximate surface area is 122 Å². The van der Waals surface area contributed by atoms with Crippen LogP contribution in [0.3, 0.4) is 0 Å². The van der Waals surface area contributed by atoms with E-state index in [4.69, 9.17) is 0 Å². The zero-order chi connectivity index (χ0) is 14.1. The number of thiophene rings is 1. The van der Waals surface area contributed by atoms with Crippen molar-refractivity contribution in [3.05, 3.63) is 70.1 Å². The predicted molar refractivity (Wildman–Crippen MR) is 85.8 cm³/mol. The molecule has 0 fully saturated rings. The van der Waals surface area contributed by atoms with Gasteiger partial charge in [0, 0.05) is 26.9 Å². The van der Waals surface area contributed by atoms with Crippen LogP contribution in [0.4, 0.5) is 0 Å². The van der Waals surface area contributed by atoms with Crippen LogP contribution in [0, 0.1) is 13.8 Å². The van der Waals surface area contributed by atoms with Crippen LogP contribution in [0.15, 0.2) is 48.5 Å². The summed E-state index contributed by atoms with van der Waals surface area (Å²) in [6, 6.07) is 16.3. The fraction of sp³-hybridized carbons (Fsp3) is 0.167. The van der Waals surface area contributed by atoms with Crippen LogP contribution in [0.5, 0.6) is 0 Å². The molecule has 2 heteroatoms. The lowest BCUT2D eigenvalue weighted by molar-refractivity contribution is 0.0994. The van der Waals surface area contributed by atoms with Crippen molar-refractivity contribution in [3.8, 4) is 0 Å². The van der Waals surface area contributed by atoms with Crippen LogP contribution < -0.4 is 0 Å². The monoisotopic (exact) mass is 280 g/mol. The van der Waals surface area contributed by atoms with E-state index in [0.29, 0.717) is 6.42 Å². The van der Waals surface area contributed by atoms with Gasteiger partial charge in [0.2, 0.25) is 0 Å². The summed E-state index contributed by atoms with van der Waals surface area (Å²) in [5.74, 6) is 0.212. The van der Waals surface area contributed by atoms with Crippen LogP contribution in [-0.4, -0.2) is 5.78 Å². The first kappa shape index (κ1) is 13.1. The highest BCUT2D eigenvalue weighted by atomic mass is 32.1. The quantitative estimate of drug-likeness (QED) is 0.621. The molecular weight excluding hydrogens is 264 g/mol. The Kier molecular flexibility index (Phi) is 3.41. The molecule has 0 N–H and O–H groups in total. The highest BCUT2D eigenvalue weighted by molar-refractivity contribution is 7.19. The summed E-state index contributed by atoms with van der Waals surface area (Å²) < 4.78 is 1.19. The van der Waals surface area contributed by atoms with Gasteiger partial charge >= 0.3 is 0 Å². The highest BCUT2D eigenvalue weighted by Gasteiger charge is 2.16. The van der Waals surface area contributed by atoms with E-state index < -0.39 is 0 Å². The van der Waals surface area contributed by atoms with Crippen molar-refractivity contribution < 1.29 is 4.79 Å². The van der Waals surface area contributed by atoms with Crippen molar-refractivity contribution in [3.63, 3.8) is 0 Å². The number of carbonyl (C=O) groups excluding carboxylic acids is 1. The third-order valence-corrected chi connectivity index (χ3v) is 4.62. The van der Waals surface area contributed by atoms with Crippen molar-refractivity contribution in [2.75, 3.05) is 0 Å². The maximum absolute atomic E-state index is 12.6. The first-order chi connectivity index (χ1) is 9.65. The van der Waals surface area contributed by atoms with Crippen LogP contribution in [0.2, 0.25) is 0 Å². The molecule has 0 aliphatic carbocycles. The largest absolute Gasteiger partial charge is 0.294 e. The number of hydrogen-bond acceptors (Lipinski definition) is 2. The average molecular weight is 280 g/mol. The smallest absolute Gasteiger partial charge is 0.168 e. The number of ketones is 1. The van der Waals surface area contributed by atoms with Crippen LogP contribution >= 0.6 is 11.3 Å². The van der Waals surface area contributed by atoms with Gasteiger partial charge in [0.25, 0.3) is 0 Å². The molecule has 1 heterocycles. The van der Waals surface area contributed by atoms with E-state index in [1.54, 1.807) is 11.3 Å². The maximum Gasteiger partial charge on any atom is 0.168 e. The Morgan fingerprint density at radius 3 is 2.45 bits per heavy atom. The molecule has 100 valence electrons. The molecule has 0 unspecified atom stereocenters. The Hall–Kier alpha value is -1.93. The van der Waals surface area contributed by atoms with Crippen LogP contribution in [0.25, 0.3) is 10.1 Å². The fourth-order valence-electron chi connectivity index (χ4n) is 2.49. The van der Waals surface area contributed by atoms with Gasteiger partial charge in [-0.1, -0.05) is 48.0 Å². The van der Waals surface area contributed by atoms with Gasteiger partial charge < -0.3 is 0 Å². The van der Waals surface area contributed by atoms with Crippen LogP contribution in [0.1, 0.15) is 26.4 Å². The Morgan fingerprint density at radius 2 is 1.70 bits per heavy atom. The summed E-state index contributed by atoms with van der Waals surface area (Å²) >= 11 is 1.70. The molecular formula is C18H16OS. The molecule has 0 saturated heterocycles. The van der Waals surface area contributed by atoms with Gasteiger partial charge in [0.05, 0.1) is 0 Å². The summed E-state index contributed by atoms with van der Waals surface area (Å²) in [5, 5.41) is 1.09. The molecule has 1 aromatic heterocycles. The molecule has 2 aromatic carbocycles. The Bertz CT molecular complexity index is 766. The maximum atomic E-state index is 12.6. The number of fused-ring (bicyclic) bond motifs is 1. The molecule has 0 radical (unpaired) electrons. The number of carbonyl (C=O) groups is 1. The van der Waals surface area contributed by atoms with Crippen molar-refractivity contribution >= 4 is 27.2 Å². The molecule has 0 amide bonds. The van der Waals surface area contributed by atoms with Gasteiger partial charge in [-0.3, -0.25) is 4.79 Å². The number of benzene rings is 2. The summed E-state index contributed by atoms with van der Waals surface area (Å²) in [4.78, 5) is 13.7. The molecule has 0 saturated carbocycles. The Balaban J connectivity index is 1.96. The van der Waals surface area contributed by atoms with E-state index in [9.17, 15) is 4.79 Å². The van der Waals surface area contributed by atoms with Gasteiger partial charge in [-0.05, 0) is 25.5 Å². The standard InChI is InChI=1S/C18H16OS/c1-12-7-9-14(10-8-12)11-16(19)18-13(2)20-17-6-4-3-5-15(17)18/h3-10H,11H2,1-2H3. The summed E-state index contributed by atoms with van der Waals surface area (Å²) in [7, 11) is 0. The van der Waals surface area contributed by atoms with E-state index >= 15 is 0 Å². The summed E-state index contributed by atoms with van der Waals surface area (Å²) in [6.45, 7) is 4.09. The normalized spacial score (nSPS) is 10.9. The van der Waals surface area contributed by atoms with E-state index in [0.717, 1.165) is 21.4 Å². The third-order valence-electron chi connectivity index (χ3n) is 3.54. The second kappa shape index (κ2) is 5.22. The second-order valence-corrected chi connectivity index (χ2v) is 6.37. The van der Waals surface area contributed by atoms with Crippen LogP contribution in [-0.2, 0) is 6.42 Å². The molecule has 3 aromatic rings. The van der Waals surface area contributed by atoms with Gasteiger partial charge in [-0.15, -0.1) is 11.3 Å². The van der Waals surface area contributed by atoms with Crippen molar-refractivity contribution in [2.45, 2.75) is 20.3 Å². The minimum atomic E-state index is 0.212. The molecule has 20 heavy (non-hydrogen) atoms. The summed E-state index contributed by atoms with van der Waals surface area (Å²) in [5.41, 5.74) is 3.19. The second-order valence-electron chi connectivity index (χ2n) is 5.11. The third kappa shape index (κ3) is 2.39. The van der Waals surface area contributed by atoms with E-state index in [1.807, 2.05) is 37.3 Å². The van der Waals surface area contributed by atoms with Gasteiger partial charge in [-0.2, -0.15) is 0 Å². The molecule has 0 bridgehead atoms. The van der Waals surface area contributed by atoms with E-state index in [-0.39, 0.29) is 5.78 Å². The van der Waals surface area contributed by atoms with Gasteiger partial charge in [-0.25, -0.2) is 0 Å². The molecule has 1 nitrogen and oxygen atoms in total. The fourth-order valence-corrected chi connectivity index (χ4v) is 3.58. The zero-order valence-electron chi connectivity index (χ0n) is 11.6. The topological polar surface area (TPSA) is 17.1 Å². The number of aryl methyl sites for hydroxylation is 2. The highest BCUT2D eigenvalue weighted by Crippen LogP contribution is 2.31. The van der Waals surface area contributed by atoms with E-state index in [1.165, 1.54) is 10.3 Å². The number of rotatable bonds is 3. The zero-order valence-corrected chi connectivity index (χ0v) is 12.5. The predicted octanol–water partition coefficient (Wildman–Crippen LogP) is 4.94. The lowest BCUT2D eigenvalue weighted by Crippen LogP contribution is -2.04. The first-order valence-electron chi connectivity index (χ1n) is 6.72. The lowest BCUT2D eigenvalue weighted by Gasteiger charge is -2.03. The Morgan fingerprint density at radius 1 is 1.00 bits per heavy atom. The number of Topliss-reactive ketones (excluding diaryl/α,β-unsaturated/α-hetero) is 1. The average Bonchev–Trinajstić information content (AvgIpc) is 2.77. The van der Waals surface area contributed by atoms with E-state index in [2.05, 4.69) is 25.1 Å². The first-order valence-corrected chi connectivity index (χ1v) is 7.53. The molecule has 0 aliphatic heterocycles. The van der Waals surface area contributed by atoms with Crippen molar-refractivity contribution in [2.24, 2.45) is 0 Å². The van der Waals surface area contributed by atoms with Gasteiger partial charge in [0.15, 0.2) is 5.78 Å². The van der Waals surface area contributed by atoms with Gasteiger partial charge in [0.1, 0.15) is 0 Å². The van der Waals surface area contributed by atoms with Crippen molar-refractivity contribution in [1.82, 2.24) is 0 Å². The molecule has 3 rings (SSSR count).